The number of anilines is 1. The number of amides is 1. The van der Waals surface area contributed by atoms with E-state index in [4.69, 9.17) is 20.3 Å². The average Bonchev–Trinajstić information content (AvgIpc) is 3.68. The first-order valence-corrected chi connectivity index (χ1v) is 12.2. The molecule has 1 unspecified atom stereocenters. The number of nitrogens with two attached hydrogens (primary N) is 1. The number of hydrogen-bond donors (Lipinski definition) is 1. The molecule has 1 saturated heterocycles. The molecule has 0 radical (unpaired) electrons. The highest BCUT2D eigenvalue weighted by Gasteiger charge is 2.30. The molecule has 37 heavy (non-hydrogen) atoms. The number of benzene rings is 1. The predicted molar refractivity (Wildman–Crippen MR) is 139 cm³/mol. The molecule has 1 aliphatic rings. The monoisotopic (exact) mass is 518 g/mol. The average molecular weight is 519 g/mol. The number of nitrogens with zero attached hydrogens (tertiary/aromatic N) is 5. The van der Waals surface area contributed by atoms with Gasteiger partial charge in [0.05, 0.1) is 42.3 Å². The normalized spacial score (nSPS) is 14.9. The van der Waals surface area contributed by atoms with Crippen LogP contribution in [0.15, 0.2) is 42.6 Å². The van der Waals surface area contributed by atoms with Gasteiger partial charge in [0.15, 0.2) is 11.6 Å². The van der Waals surface area contributed by atoms with Gasteiger partial charge in [-0.05, 0) is 24.5 Å². The Labute approximate surface area is 216 Å². The SMILES string of the molecule is C=CC(=O)N1CCC(n2nc(C#Cc3cc(OC)cc(OC)c3F)c3c(N)ncc(-c4nccs4)c32)C1. The van der Waals surface area contributed by atoms with Crippen molar-refractivity contribution in [3.05, 3.63) is 59.6 Å². The van der Waals surface area contributed by atoms with Crippen LogP contribution in [0.1, 0.15) is 23.7 Å². The maximum absolute atomic E-state index is 14.9. The first-order valence-electron chi connectivity index (χ1n) is 11.4. The van der Waals surface area contributed by atoms with Gasteiger partial charge in [-0.15, -0.1) is 11.3 Å². The number of likely N-dealkylation sites (tertiary alicyclic amines) is 1. The smallest absolute Gasteiger partial charge is 0.246 e. The number of carbonyl (C=O) groups is 1. The molecule has 9 nitrogen and oxygen atoms in total. The third-order valence-corrected chi connectivity index (χ3v) is 7.00. The lowest BCUT2D eigenvalue weighted by atomic mass is 10.1. The van der Waals surface area contributed by atoms with Crippen LogP contribution in [0.25, 0.3) is 21.5 Å². The van der Waals surface area contributed by atoms with Crippen LogP contribution in [0.3, 0.4) is 0 Å². The molecule has 0 saturated carbocycles. The van der Waals surface area contributed by atoms with Gasteiger partial charge in [0.2, 0.25) is 5.91 Å². The number of ether oxygens (including phenoxy) is 2. The lowest BCUT2D eigenvalue weighted by Gasteiger charge is -2.16. The zero-order valence-corrected chi connectivity index (χ0v) is 21.0. The number of methoxy groups -OCH3 is 2. The number of rotatable bonds is 5. The van der Waals surface area contributed by atoms with Crippen LogP contribution >= 0.6 is 11.3 Å². The fourth-order valence-electron chi connectivity index (χ4n) is 4.39. The summed E-state index contributed by atoms with van der Waals surface area (Å²) < 4.78 is 27.2. The Hall–Kier alpha value is -4.43. The van der Waals surface area contributed by atoms with Gasteiger partial charge in [-0.3, -0.25) is 9.48 Å². The van der Waals surface area contributed by atoms with E-state index >= 15 is 0 Å². The van der Waals surface area contributed by atoms with Gasteiger partial charge in [-0.25, -0.2) is 14.4 Å². The Morgan fingerprint density at radius 2 is 2.14 bits per heavy atom. The van der Waals surface area contributed by atoms with E-state index < -0.39 is 5.82 Å². The third kappa shape index (κ3) is 4.36. The van der Waals surface area contributed by atoms with Crippen molar-refractivity contribution in [1.29, 1.82) is 0 Å². The van der Waals surface area contributed by atoms with E-state index in [2.05, 4.69) is 28.4 Å². The molecule has 1 amide bonds. The van der Waals surface area contributed by atoms with Gasteiger partial charge in [0.1, 0.15) is 22.3 Å². The topological polar surface area (TPSA) is 108 Å². The molecule has 188 valence electrons. The molecular weight excluding hydrogens is 495 g/mol. The largest absolute Gasteiger partial charge is 0.497 e. The van der Waals surface area contributed by atoms with Crippen molar-refractivity contribution in [2.45, 2.75) is 12.5 Å². The van der Waals surface area contributed by atoms with E-state index in [1.807, 2.05) is 10.1 Å². The van der Waals surface area contributed by atoms with Crippen LogP contribution in [-0.2, 0) is 4.79 Å². The molecule has 1 fully saturated rings. The molecule has 0 spiro atoms. The van der Waals surface area contributed by atoms with Gasteiger partial charge >= 0.3 is 0 Å². The number of halogens is 1. The van der Waals surface area contributed by atoms with Gasteiger partial charge in [-0.1, -0.05) is 12.5 Å². The third-order valence-electron chi connectivity index (χ3n) is 6.20. The Morgan fingerprint density at radius 3 is 2.84 bits per heavy atom. The minimum absolute atomic E-state index is 0.0178. The molecule has 2 N–H and O–H groups in total. The maximum atomic E-state index is 14.9. The van der Waals surface area contributed by atoms with Crippen molar-refractivity contribution in [1.82, 2.24) is 24.6 Å². The van der Waals surface area contributed by atoms with E-state index in [1.165, 1.54) is 43.8 Å². The second kappa shape index (κ2) is 9.91. The second-order valence-electron chi connectivity index (χ2n) is 8.28. The molecule has 1 aliphatic heterocycles. The zero-order chi connectivity index (χ0) is 26.1. The summed E-state index contributed by atoms with van der Waals surface area (Å²) >= 11 is 1.46. The van der Waals surface area contributed by atoms with Crippen LogP contribution in [-0.4, -0.2) is 57.9 Å². The van der Waals surface area contributed by atoms with Gasteiger partial charge < -0.3 is 20.1 Å². The first-order chi connectivity index (χ1) is 17.9. The maximum Gasteiger partial charge on any atom is 0.246 e. The zero-order valence-electron chi connectivity index (χ0n) is 20.2. The Balaban J connectivity index is 1.69. The molecule has 0 aliphatic carbocycles. The van der Waals surface area contributed by atoms with Gasteiger partial charge in [0, 0.05) is 36.9 Å². The van der Waals surface area contributed by atoms with Crippen molar-refractivity contribution >= 4 is 34.0 Å². The molecule has 5 rings (SSSR count). The molecule has 1 aromatic carbocycles. The molecule has 3 aromatic heterocycles. The van der Waals surface area contributed by atoms with E-state index in [0.717, 1.165) is 10.6 Å². The lowest BCUT2D eigenvalue weighted by molar-refractivity contribution is -0.125. The highest BCUT2D eigenvalue weighted by atomic mass is 32.1. The summed E-state index contributed by atoms with van der Waals surface area (Å²) in [6, 6.07) is 2.81. The number of carbonyl (C=O) groups excluding carboxylic acids is 1. The fraction of sp³-hybridized carbons (Fsp3) is 0.231. The molecule has 4 aromatic rings. The van der Waals surface area contributed by atoms with Crippen LogP contribution in [0.2, 0.25) is 0 Å². The Kier molecular flexibility index (Phi) is 6.50. The van der Waals surface area contributed by atoms with E-state index in [-0.39, 0.29) is 29.1 Å². The minimum Gasteiger partial charge on any atom is -0.497 e. The van der Waals surface area contributed by atoms with Crippen LogP contribution < -0.4 is 15.2 Å². The van der Waals surface area contributed by atoms with Crippen molar-refractivity contribution in [2.24, 2.45) is 0 Å². The van der Waals surface area contributed by atoms with Crippen LogP contribution in [0, 0.1) is 17.7 Å². The van der Waals surface area contributed by atoms with Crippen molar-refractivity contribution < 1.29 is 18.7 Å². The Morgan fingerprint density at radius 1 is 1.30 bits per heavy atom. The van der Waals surface area contributed by atoms with Crippen molar-refractivity contribution in [3.63, 3.8) is 0 Å². The molecule has 11 heteroatoms. The Bertz CT molecular complexity index is 1570. The summed E-state index contributed by atoms with van der Waals surface area (Å²) in [5.41, 5.74) is 8.23. The number of fused-ring (bicyclic) bond motifs is 1. The molecule has 4 heterocycles. The quantitative estimate of drug-likeness (QED) is 0.317. The summed E-state index contributed by atoms with van der Waals surface area (Å²) in [4.78, 5) is 22.8. The highest BCUT2D eigenvalue weighted by molar-refractivity contribution is 7.13. The summed E-state index contributed by atoms with van der Waals surface area (Å²) in [7, 11) is 2.85. The van der Waals surface area contributed by atoms with Crippen LogP contribution in [0.4, 0.5) is 10.2 Å². The number of pyridine rings is 1. The van der Waals surface area contributed by atoms with E-state index in [1.54, 1.807) is 17.3 Å². The molecular formula is C26H23FN6O3S. The summed E-state index contributed by atoms with van der Waals surface area (Å²) in [6.07, 6.45) is 5.37. The van der Waals surface area contributed by atoms with Crippen LogP contribution in [0.5, 0.6) is 11.5 Å². The molecule has 1 atom stereocenters. The minimum atomic E-state index is -0.608. The second-order valence-corrected chi connectivity index (χ2v) is 9.18. The highest BCUT2D eigenvalue weighted by Crippen LogP contribution is 2.37. The summed E-state index contributed by atoms with van der Waals surface area (Å²) in [5.74, 6) is 5.76. The standard InChI is InChI=1S/C26H23FN6O3S/c1-4-21(34)32-9-7-16(14-32)33-24-18(26-29-8-10-37-26)13-30-25(28)22(24)19(31-33)6-5-15-11-17(35-2)12-20(36-3)23(15)27/h4,8,10-13,16H,1,7,9,14H2,2-3H3,(H2,28,30). The number of nitrogen functional groups attached to an aromatic ring is 1. The van der Waals surface area contributed by atoms with Gasteiger partial charge in [-0.2, -0.15) is 5.10 Å². The molecule has 0 bridgehead atoms. The van der Waals surface area contributed by atoms with E-state index in [0.29, 0.717) is 41.9 Å². The number of hydrogen-bond acceptors (Lipinski definition) is 8. The lowest BCUT2D eigenvalue weighted by Crippen LogP contribution is -2.27. The summed E-state index contributed by atoms with van der Waals surface area (Å²) in [6.45, 7) is 4.61. The van der Waals surface area contributed by atoms with E-state index in [9.17, 15) is 9.18 Å². The van der Waals surface area contributed by atoms with Crippen molar-refractivity contribution in [2.75, 3.05) is 33.0 Å². The summed E-state index contributed by atoms with van der Waals surface area (Å²) in [5, 5.41) is 7.97. The predicted octanol–water partition coefficient (Wildman–Crippen LogP) is 3.65. The van der Waals surface area contributed by atoms with Gasteiger partial charge in [0.25, 0.3) is 0 Å². The number of thiazole rings is 1. The first kappa shape index (κ1) is 24.3. The number of aromatic nitrogens is 4. The fourth-order valence-corrected chi connectivity index (χ4v) is 5.04. The van der Waals surface area contributed by atoms with Crippen molar-refractivity contribution in [3.8, 4) is 33.9 Å².